The zero-order valence-corrected chi connectivity index (χ0v) is 14.7. The van der Waals surface area contributed by atoms with Crippen molar-refractivity contribution >= 4 is 11.6 Å². The van der Waals surface area contributed by atoms with Crippen LogP contribution in [0.5, 0.6) is 5.75 Å². The van der Waals surface area contributed by atoms with E-state index in [1.165, 1.54) is 11.1 Å². The predicted molar refractivity (Wildman–Crippen MR) is 98.7 cm³/mol. The van der Waals surface area contributed by atoms with Gasteiger partial charge in [-0.2, -0.15) is 0 Å². The van der Waals surface area contributed by atoms with E-state index in [1.54, 1.807) is 0 Å². The highest BCUT2D eigenvalue weighted by Crippen LogP contribution is 2.16. The highest BCUT2D eigenvalue weighted by molar-refractivity contribution is 5.76. The van der Waals surface area contributed by atoms with Crippen molar-refractivity contribution < 1.29 is 9.53 Å². The van der Waals surface area contributed by atoms with E-state index < -0.39 is 0 Å². The number of anilines is 1. The fourth-order valence-electron chi connectivity index (χ4n) is 2.33. The average molecular weight is 326 g/mol. The Bertz CT molecular complexity index is 656. The van der Waals surface area contributed by atoms with Gasteiger partial charge in [-0.05, 0) is 49.2 Å². The second kappa shape index (κ2) is 8.96. The van der Waals surface area contributed by atoms with Crippen molar-refractivity contribution in [1.82, 2.24) is 5.32 Å². The van der Waals surface area contributed by atoms with Gasteiger partial charge in [0.1, 0.15) is 5.75 Å². The zero-order valence-electron chi connectivity index (χ0n) is 14.7. The molecule has 0 bridgehead atoms. The Labute approximate surface area is 144 Å². The quantitative estimate of drug-likeness (QED) is 0.809. The molecule has 4 heteroatoms. The molecule has 1 amide bonds. The third-order valence-electron chi connectivity index (χ3n) is 4.04. The monoisotopic (exact) mass is 326 g/mol. The Morgan fingerprint density at radius 2 is 1.83 bits per heavy atom. The maximum absolute atomic E-state index is 11.9. The van der Waals surface area contributed by atoms with Crippen LogP contribution in [0.3, 0.4) is 0 Å². The van der Waals surface area contributed by atoms with E-state index in [2.05, 4.69) is 36.2 Å². The van der Waals surface area contributed by atoms with Crippen LogP contribution in [-0.4, -0.2) is 32.7 Å². The van der Waals surface area contributed by atoms with Gasteiger partial charge in [0, 0.05) is 25.8 Å². The van der Waals surface area contributed by atoms with Crippen LogP contribution in [0, 0.1) is 13.8 Å². The van der Waals surface area contributed by atoms with Gasteiger partial charge >= 0.3 is 0 Å². The molecule has 1 N–H and O–H groups in total. The number of nitrogens with one attached hydrogen (secondary N) is 1. The van der Waals surface area contributed by atoms with Crippen molar-refractivity contribution in [2.24, 2.45) is 0 Å². The molecule has 24 heavy (non-hydrogen) atoms. The lowest BCUT2D eigenvalue weighted by atomic mass is 10.1. The van der Waals surface area contributed by atoms with Crippen molar-refractivity contribution in [2.45, 2.75) is 20.3 Å². The minimum atomic E-state index is 0.0142. The molecule has 0 spiro atoms. The van der Waals surface area contributed by atoms with Gasteiger partial charge in [0.15, 0.2) is 0 Å². The number of ether oxygens (including phenoxy) is 1. The Morgan fingerprint density at radius 1 is 1.08 bits per heavy atom. The van der Waals surface area contributed by atoms with Crippen LogP contribution in [0.2, 0.25) is 0 Å². The van der Waals surface area contributed by atoms with Gasteiger partial charge in [-0.25, -0.2) is 0 Å². The van der Waals surface area contributed by atoms with Crippen LogP contribution < -0.4 is 15.0 Å². The Balaban J connectivity index is 1.64. The number of carbonyl (C=O) groups is 1. The van der Waals surface area contributed by atoms with Crippen molar-refractivity contribution in [3.63, 3.8) is 0 Å². The van der Waals surface area contributed by atoms with Gasteiger partial charge < -0.3 is 15.0 Å². The number of aryl methyl sites for hydroxylation is 2. The van der Waals surface area contributed by atoms with E-state index >= 15 is 0 Å². The highest BCUT2D eigenvalue weighted by Gasteiger charge is 2.04. The largest absolute Gasteiger partial charge is 0.493 e. The molecule has 2 aromatic carbocycles. The van der Waals surface area contributed by atoms with Gasteiger partial charge in [-0.1, -0.05) is 24.3 Å². The minimum Gasteiger partial charge on any atom is -0.493 e. The summed E-state index contributed by atoms with van der Waals surface area (Å²) >= 11 is 0. The molecule has 0 unspecified atom stereocenters. The highest BCUT2D eigenvalue weighted by atomic mass is 16.5. The molecule has 0 atom stereocenters. The number of hydrogen-bond donors (Lipinski definition) is 1. The summed E-state index contributed by atoms with van der Waals surface area (Å²) in [5.74, 6) is 0.829. The van der Waals surface area contributed by atoms with Gasteiger partial charge in [-0.3, -0.25) is 4.79 Å². The van der Waals surface area contributed by atoms with Crippen LogP contribution in [0.15, 0.2) is 48.5 Å². The second-order valence-electron chi connectivity index (χ2n) is 5.95. The molecule has 0 aliphatic carbocycles. The molecule has 0 saturated carbocycles. The van der Waals surface area contributed by atoms with Crippen molar-refractivity contribution in [1.29, 1.82) is 0 Å². The van der Waals surface area contributed by atoms with Gasteiger partial charge in [-0.15, -0.1) is 0 Å². The number of para-hydroxylation sites is 1. The molecular formula is C20H26N2O2. The lowest BCUT2D eigenvalue weighted by molar-refractivity contribution is -0.121. The summed E-state index contributed by atoms with van der Waals surface area (Å²) in [4.78, 5) is 14.0. The lowest BCUT2D eigenvalue weighted by Gasteiger charge is -2.19. The van der Waals surface area contributed by atoms with Crippen molar-refractivity contribution in [3.8, 4) is 5.75 Å². The van der Waals surface area contributed by atoms with Gasteiger partial charge in [0.05, 0.1) is 13.0 Å². The molecule has 0 fully saturated rings. The molecule has 0 aliphatic rings. The summed E-state index contributed by atoms with van der Waals surface area (Å²) in [5, 5.41) is 2.93. The van der Waals surface area contributed by atoms with Crippen LogP contribution in [0.4, 0.5) is 5.69 Å². The first kappa shape index (κ1) is 17.9. The molecule has 0 aromatic heterocycles. The summed E-state index contributed by atoms with van der Waals surface area (Å²) < 4.78 is 5.64. The van der Waals surface area contributed by atoms with E-state index in [9.17, 15) is 4.79 Å². The van der Waals surface area contributed by atoms with Gasteiger partial charge in [0.25, 0.3) is 0 Å². The average Bonchev–Trinajstić information content (AvgIpc) is 2.59. The molecule has 2 rings (SSSR count). The number of nitrogens with zero attached hydrogens (tertiary/aromatic N) is 1. The maximum Gasteiger partial charge on any atom is 0.223 e. The third kappa shape index (κ3) is 5.61. The Morgan fingerprint density at radius 3 is 2.54 bits per heavy atom. The summed E-state index contributed by atoms with van der Waals surface area (Å²) in [5.41, 5.74) is 3.58. The minimum absolute atomic E-state index is 0.0142. The first-order chi connectivity index (χ1) is 11.6. The summed E-state index contributed by atoms with van der Waals surface area (Å²) in [6.45, 7) is 5.90. The fourth-order valence-corrected chi connectivity index (χ4v) is 2.33. The number of rotatable bonds is 8. The number of hydrogen-bond acceptors (Lipinski definition) is 3. The number of benzene rings is 2. The first-order valence-corrected chi connectivity index (χ1v) is 8.29. The summed E-state index contributed by atoms with van der Waals surface area (Å²) in [6.07, 6.45) is 0.363. The van der Waals surface area contributed by atoms with E-state index in [0.29, 0.717) is 19.6 Å². The van der Waals surface area contributed by atoms with Gasteiger partial charge in [0.2, 0.25) is 5.91 Å². The molecule has 0 heterocycles. The summed E-state index contributed by atoms with van der Waals surface area (Å²) in [6, 6.07) is 16.1. The molecule has 2 aromatic rings. The molecule has 4 nitrogen and oxygen atoms in total. The molecular weight excluding hydrogens is 300 g/mol. The van der Waals surface area contributed by atoms with Crippen molar-refractivity contribution in [2.75, 3.05) is 31.6 Å². The van der Waals surface area contributed by atoms with Crippen molar-refractivity contribution in [3.05, 3.63) is 59.7 Å². The normalized spacial score (nSPS) is 10.3. The second-order valence-corrected chi connectivity index (χ2v) is 5.95. The Kier molecular flexibility index (Phi) is 6.67. The van der Waals surface area contributed by atoms with E-state index in [-0.39, 0.29) is 5.91 Å². The standard InChI is InChI=1S/C20H26N2O2/c1-16-9-10-19(15-17(16)2)24-14-11-20(23)21-12-13-22(3)18-7-5-4-6-8-18/h4-10,15H,11-14H2,1-3H3,(H,21,23). The summed E-state index contributed by atoms with van der Waals surface area (Å²) in [7, 11) is 2.02. The fraction of sp³-hybridized carbons (Fsp3) is 0.350. The molecule has 0 aliphatic heterocycles. The van der Waals surface area contributed by atoms with Crippen LogP contribution >= 0.6 is 0 Å². The Hall–Kier alpha value is -2.49. The molecule has 128 valence electrons. The smallest absolute Gasteiger partial charge is 0.223 e. The van der Waals surface area contributed by atoms with Crippen LogP contribution in [0.25, 0.3) is 0 Å². The van der Waals surface area contributed by atoms with E-state index in [1.807, 2.05) is 43.4 Å². The lowest BCUT2D eigenvalue weighted by Crippen LogP contribution is -2.33. The van der Waals surface area contributed by atoms with Crippen LogP contribution in [-0.2, 0) is 4.79 Å². The SMILES string of the molecule is Cc1ccc(OCCC(=O)NCCN(C)c2ccccc2)cc1C. The number of amides is 1. The topological polar surface area (TPSA) is 41.6 Å². The van der Waals surface area contributed by atoms with E-state index in [0.717, 1.165) is 18.0 Å². The van der Waals surface area contributed by atoms with Crippen LogP contribution in [0.1, 0.15) is 17.5 Å². The van der Waals surface area contributed by atoms with E-state index in [4.69, 9.17) is 4.74 Å². The molecule has 0 saturated heterocycles. The zero-order chi connectivity index (χ0) is 17.4. The first-order valence-electron chi connectivity index (χ1n) is 8.29. The predicted octanol–water partition coefficient (Wildman–Crippen LogP) is 3.32. The number of carbonyl (C=O) groups excluding carboxylic acids is 1. The molecule has 0 radical (unpaired) electrons. The maximum atomic E-state index is 11.9. The third-order valence-corrected chi connectivity index (χ3v) is 4.04. The number of likely N-dealkylation sites (N-methyl/N-ethyl adjacent to an activating group) is 1.